The van der Waals surface area contributed by atoms with Crippen molar-refractivity contribution in [1.82, 2.24) is 0 Å². The van der Waals surface area contributed by atoms with Crippen molar-refractivity contribution in [2.75, 3.05) is 6.61 Å². The minimum absolute atomic E-state index is 0.0839. The monoisotopic (exact) mass is 344 g/mol. The molecule has 23 heavy (non-hydrogen) atoms. The van der Waals surface area contributed by atoms with Gasteiger partial charge in [-0.25, -0.2) is 0 Å². The number of hydrogen-bond acceptors (Lipinski definition) is 5. The molecule has 1 aliphatic heterocycles. The van der Waals surface area contributed by atoms with Crippen LogP contribution in [0.25, 0.3) is 0 Å². The number of esters is 1. The SMILES string of the molecule is CC(C)(C)C(=O)O[C@H]1C=C[C@H](O)[C@H](CO[Si](C)(C)C(C)(C)C)O1. The summed E-state index contributed by atoms with van der Waals surface area (Å²) in [6.07, 6.45) is 1.09. The first-order valence-electron chi connectivity index (χ1n) is 8.11. The van der Waals surface area contributed by atoms with Crippen LogP contribution in [0.2, 0.25) is 18.1 Å². The Balaban J connectivity index is 2.65. The summed E-state index contributed by atoms with van der Waals surface area (Å²) in [7, 11) is -1.93. The maximum Gasteiger partial charge on any atom is 0.313 e. The average Bonchev–Trinajstić information content (AvgIpc) is 2.37. The molecule has 134 valence electrons. The fraction of sp³-hybridized carbons (Fsp3) is 0.824. The number of ether oxygens (including phenoxy) is 2. The molecule has 6 heteroatoms. The molecule has 1 heterocycles. The van der Waals surface area contributed by atoms with Crippen molar-refractivity contribution in [3.05, 3.63) is 12.2 Å². The minimum atomic E-state index is -1.93. The van der Waals surface area contributed by atoms with Gasteiger partial charge >= 0.3 is 5.97 Å². The van der Waals surface area contributed by atoms with Gasteiger partial charge in [-0.1, -0.05) is 26.8 Å². The van der Waals surface area contributed by atoms with Gasteiger partial charge < -0.3 is 19.0 Å². The number of aliphatic hydroxyl groups is 1. The highest BCUT2D eigenvalue weighted by molar-refractivity contribution is 6.74. The second kappa shape index (κ2) is 7.05. The number of rotatable bonds is 4. The molecule has 0 bridgehead atoms. The van der Waals surface area contributed by atoms with E-state index in [2.05, 4.69) is 33.9 Å². The van der Waals surface area contributed by atoms with Crippen LogP contribution in [-0.2, 0) is 18.7 Å². The lowest BCUT2D eigenvalue weighted by atomic mass is 9.97. The van der Waals surface area contributed by atoms with E-state index in [0.29, 0.717) is 0 Å². The van der Waals surface area contributed by atoms with E-state index < -0.39 is 32.2 Å². The van der Waals surface area contributed by atoms with Crippen LogP contribution < -0.4 is 0 Å². The van der Waals surface area contributed by atoms with Crippen LogP contribution in [0, 0.1) is 5.41 Å². The van der Waals surface area contributed by atoms with Crippen molar-refractivity contribution in [2.45, 2.75) is 78.2 Å². The van der Waals surface area contributed by atoms with E-state index in [9.17, 15) is 9.90 Å². The van der Waals surface area contributed by atoms with Crippen molar-refractivity contribution in [3.8, 4) is 0 Å². The average molecular weight is 345 g/mol. The van der Waals surface area contributed by atoms with Gasteiger partial charge in [0.25, 0.3) is 0 Å². The van der Waals surface area contributed by atoms with Crippen LogP contribution >= 0.6 is 0 Å². The van der Waals surface area contributed by atoms with Gasteiger partial charge in [0.2, 0.25) is 6.29 Å². The quantitative estimate of drug-likeness (QED) is 0.482. The Morgan fingerprint density at radius 1 is 1.17 bits per heavy atom. The molecular weight excluding hydrogens is 312 g/mol. The fourth-order valence-corrected chi connectivity index (χ4v) is 2.63. The molecule has 0 aromatic heterocycles. The molecule has 1 N–H and O–H groups in total. The van der Waals surface area contributed by atoms with Gasteiger partial charge in [0, 0.05) is 0 Å². The number of aliphatic hydroxyl groups excluding tert-OH is 1. The summed E-state index contributed by atoms with van der Waals surface area (Å²) in [5, 5.41) is 10.1. The lowest BCUT2D eigenvalue weighted by Gasteiger charge is -2.38. The summed E-state index contributed by atoms with van der Waals surface area (Å²) >= 11 is 0. The Hall–Kier alpha value is -0.693. The molecule has 0 saturated carbocycles. The molecule has 0 radical (unpaired) electrons. The first-order chi connectivity index (χ1) is 10.2. The summed E-state index contributed by atoms with van der Waals surface area (Å²) in [6.45, 7) is 16.4. The second-order valence-electron chi connectivity index (χ2n) is 8.65. The van der Waals surface area contributed by atoms with Gasteiger partial charge in [-0.05, 0) is 45.0 Å². The zero-order valence-electron chi connectivity index (χ0n) is 15.7. The van der Waals surface area contributed by atoms with Crippen LogP contribution in [0.3, 0.4) is 0 Å². The van der Waals surface area contributed by atoms with Gasteiger partial charge in [0.05, 0.1) is 12.0 Å². The standard InChI is InChI=1S/C17H32O5Si/c1-16(2,3)15(19)22-14-10-9-12(18)13(21-14)11-20-23(7,8)17(4,5)6/h9-10,12-14,18H,11H2,1-8H3/t12-,13-,14-/m0/s1. The molecule has 0 amide bonds. The van der Waals surface area contributed by atoms with Crippen LogP contribution in [0.4, 0.5) is 0 Å². The number of carbonyl (C=O) groups is 1. The summed E-state index contributed by atoms with van der Waals surface area (Å²) in [5.74, 6) is -0.340. The predicted octanol–water partition coefficient (Wildman–Crippen LogP) is 3.24. The van der Waals surface area contributed by atoms with E-state index in [-0.39, 0.29) is 17.6 Å². The molecule has 0 unspecified atom stereocenters. The van der Waals surface area contributed by atoms with Gasteiger partial charge in [0.1, 0.15) is 12.2 Å². The largest absolute Gasteiger partial charge is 0.432 e. The summed E-state index contributed by atoms with van der Waals surface area (Å²) < 4.78 is 17.1. The highest BCUT2D eigenvalue weighted by atomic mass is 28.4. The zero-order chi connectivity index (χ0) is 18.1. The van der Waals surface area contributed by atoms with Crippen LogP contribution in [0.1, 0.15) is 41.5 Å². The molecule has 0 spiro atoms. The van der Waals surface area contributed by atoms with E-state index >= 15 is 0 Å². The Morgan fingerprint density at radius 3 is 2.22 bits per heavy atom. The third-order valence-electron chi connectivity index (χ3n) is 4.41. The van der Waals surface area contributed by atoms with Crippen molar-refractivity contribution >= 4 is 14.3 Å². The smallest absolute Gasteiger partial charge is 0.313 e. The molecule has 3 atom stereocenters. The zero-order valence-corrected chi connectivity index (χ0v) is 16.7. The predicted molar refractivity (Wildman–Crippen MR) is 92.5 cm³/mol. The third-order valence-corrected chi connectivity index (χ3v) is 8.91. The highest BCUT2D eigenvalue weighted by Crippen LogP contribution is 2.37. The third kappa shape index (κ3) is 5.71. The normalized spacial score (nSPS) is 26.2. The fourth-order valence-electron chi connectivity index (χ4n) is 1.62. The van der Waals surface area contributed by atoms with Gasteiger partial charge in [-0.15, -0.1) is 0 Å². The van der Waals surface area contributed by atoms with E-state index in [1.165, 1.54) is 0 Å². The number of hydrogen-bond donors (Lipinski definition) is 1. The van der Waals surface area contributed by atoms with Gasteiger partial charge in [0.15, 0.2) is 8.32 Å². The lowest BCUT2D eigenvalue weighted by Crippen LogP contribution is -2.47. The van der Waals surface area contributed by atoms with Gasteiger partial charge in [-0.3, -0.25) is 4.79 Å². The Morgan fingerprint density at radius 2 is 1.74 bits per heavy atom. The van der Waals surface area contributed by atoms with Crippen molar-refractivity contribution in [3.63, 3.8) is 0 Å². The molecule has 0 aromatic rings. The van der Waals surface area contributed by atoms with Gasteiger partial charge in [-0.2, -0.15) is 0 Å². The highest BCUT2D eigenvalue weighted by Gasteiger charge is 2.39. The lowest BCUT2D eigenvalue weighted by molar-refractivity contribution is -0.199. The molecule has 0 aliphatic carbocycles. The number of carbonyl (C=O) groups excluding carboxylic acids is 1. The maximum absolute atomic E-state index is 11.9. The molecule has 0 aromatic carbocycles. The molecule has 0 fully saturated rings. The van der Waals surface area contributed by atoms with Crippen molar-refractivity contribution in [1.29, 1.82) is 0 Å². The maximum atomic E-state index is 11.9. The van der Waals surface area contributed by atoms with Crippen molar-refractivity contribution < 1.29 is 23.8 Å². The van der Waals surface area contributed by atoms with E-state index in [4.69, 9.17) is 13.9 Å². The molecule has 0 saturated heterocycles. The second-order valence-corrected chi connectivity index (χ2v) is 13.5. The van der Waals surface area contributed by atoms with Crippen molar-refractivity contribution in [2.24, 2.45) is 5.41 Å². The minimum Gasteiger partial charge on any atom is -0.432 e. The molecule has 1 aliphatic rings. The first-order valence-corrected chi connectivity index (χ1v) is 11.0. The van der Waals surface area contributed by atoms with Crippen LogP contribution in [0.15, 0.2) is 12.2 Å². The van der Waals surface area contributed by atoms with Crippen LogP contribution in [0.5, 0.6) is 0 Å². The molecule has 5 nitrogen and oxygen atoms in total. The Labute approximate surface area is 141 Å². The Kier molecular flexibility index (Phi) is 6.24. The van der Waals surface area contributed by atoms with Crippen LogP contribution in [-0.4, -0.2) is 44.5 Å². The summed E-state index contributed by atoms with van der Waals surface area (Å²) in [6, 6.07) is 0. The first kappa shape index (κ1) is 20.4. The summed E-state index contributed by atoms with van der Waals surface area (Å²) in [5.41, 5.74) is -0.597. The molecular formula is C17H32O5Si. The van der Waals surface area contributed by atoms with E-state index in [1.54, 1.807) is 32.9 Å². The van der Waals surface area contributed by atoms with E-state index in [0.717, 1.165) is 0 Å². The topological polar surface area (TPSA) is 65.0 Å². The van der Waals surface area contributed by atoms with E-state index in [1.807, 2.05) is 0 Å². The molecule has 1 rings (SSSR count). The Bertz CT molecular complexity index is 445. The summed E-state index contributed by atoms with van der Waals surface area (Å²) in [4.78, 5) is 11.9.